The first-order valence-corrected chi connectivity index (χ1v) is 6.57. The third-order valence-electron chi connectivity index (χ3n) is 3.24. The molecule has 0 bridgehead atoms. The van der Waals surface area contributed by atoms with E-state index in [1.165, 1.54) is 12.8 Å². The van der Waals surface area contributed by atoms with Gasteiger partial charge < -0.3 is 14.8 Å². The Morgan fingerprint density at radius 3 is 2.12 bits per heavy atom. The summed E-state index contributed by atoms with van der Waals surface area (Å²) < 4.78 is 12.0. The van der Waals surface area contributed by atoms with Crippen molar-refractivity contribution in [2.24, 2.45) is 0 Å². The predicted octanol–water partition coefficient (Wildman–Crippen LogP) is 2.10. The summed E-state index contributed by atoms with van der Waals surface area (Å²) in [6, 6.07) is 0. The summed E-state index contributed by atoms with van der Waals surface area (Å²) in [5.41, 5.74) is -0.00953. The standard InChI is InChI=1S/C13H25NO2/c1-13(2,3)16-12-8-11(9-12)15-10-4-6-14-7-5-10/h10-12,14H,4-9H2,1-3H3/t11-,12+. The highest BCUT2D eigenvalue weighted by molar-refractivity contribution is 4.85. The van der Waals surface area contributed by atoms with E-state index < -0.39 is 0 Å². The number of hydrogen-bond donors (Lipinski definition) is 1. The molecule has 1 aliphatic heterocycles. The number of piperidine rings is 1. The molecule has 0 spiro atoms. The fraction of sp³-hybridized carbons (Fsp3) is 1.00. The second kappa shape index (κ2) is 5.03. The number of ether oxygens (including phenoxy) is 2. The molecule has 0 radical (unpaired) electrons. The zero-order valence-electron chi connectivity index (χ0n) is 10.8. The fourth-order valence-electron chi connectivity index (χ4n) is 2.43. The normalized spacial score (nSPS) is 32.4. The molecule has 1 aliphatic carbocycles. The second-order valence-corrected chi connectivity index (χ2v) is 6.03. The lowest BCUT2D eigenvalue weighted by atomic mass is 9.90. The lowest BCUT2D eigenvalue weighted by Crippen LogP contribution is -2.44. The minimum absolute atomic E-state index is 0.00953. The second-order valence-electron chi connectivity index (χ2n) is 6.03. The van der Waals surface area contributed by atoms with Crippen molar-refractivity contribution >= 4 is 0 Å². The molecule has 2 aliphatic rings. The van der Waals surface area contributed by atoms with Crippen LogP contribution in [0.4, 0.5) is 0 Å². The Bertz CT molecular complexity index is 212. The van der Waals surface area contributed by atoms with Crippen molar-refractivity contribution in [1.82, 2.24) is 5.32 Å². The molecule has 0 aromatic carbocycles. The van der Waals surface area contributed by atoms with E-state index in [4.69, 9.17) is 9.47 Å². The Balaban J connectivity index is 1.61. The maximum atomic E-state index is 6.05. The Morgan fingerprint density at radius 1 is 0.938 bits per heavy atom. The van der Waals surface area contributed by atoms with E-state index >= 15 is 0 Å². The molecule has 3 nitrogen and oxygen atoms in total. The molecule has 1 saturated carbocycles. The van der Waals surface area contributed by atoms with E-state index in [9.17, 15) is 0 Å². The molecule has 0 atom stereocenters. The van der Waals surface area contributed by atoms with Gasteiger partial charge in [-0.25, -0.2) is 0 Å². The fourth-order valence-corrected chi connectivity index (χ4v) is 2.43. The van der Waals surface area contributed by atoms with E-state index in [1.807, 2.05) is 0 Å². The minimum Gasteiger partial charge on any atom is -0.375 e. The van der Waals surface area contributed by atoms with E-state index in [0.717, 1.165) is 25.9 Å². The summed E-state index contributed by atoms with van der Waals surface area (Å²) in [6.45, 7) is 8.58. The SMILES string of the molecule is CC(C)(C)O[C@H]1C[C@@H](OC2CCNCC2)C1. The van der Waals surface area contributed by atoms with E-state index in [1.54, 1.807) is 0 Å². The molecule has 1 N–H and O–H groups in total. The average molecular weight is 227 g/mol. The van der Waals surface area contributed by atoms with Crippen LogP contribution in [0.3, 0.4) is 0 Å². The van der Waals surface area contributed by atoms with Crippen LogP contribution in [-0.2, 0) is 9.47 Å². The summed E-state index contributed by atoms with van der Waals surface area (Å²) in [5, 5.41) is 3.36. The molecular weight excluding hydrogens is 202 g/mol. The van der Waals surface area contributed by atoms with E-state index in [0.29, 0.717) is 18.3 Å². The topological polar surface area (TPSA) is 30.5 Å². The van der Waals surface area contributed by atoms with Gasteiger partial charge in [-0.15, -0.1) is 0 Å². The van der Waals surface area contributed by atoms with Gasteiger partial charge in [-0.3, -0.25) is 0 Å². The third-order valence-corrected chi connectivity index (χ3v) is 3.24. The quantitative estimate of drug-likeness (QED) is 0.801. The molecule has 0 aromatic heterocycles. The predicted molar refractivity (Wildman–Crippen MR) is 64.6 cm³/mol. The Hall–Kier alpha value is -0.120. The van der Waals surface area contributed by atoms with Crippen LogP contribution in [0.1, 0.15) is 46.5 Å². The Labute approximate surface area is 98.9 Å². The van der Waals surface area contributed by atoms with Gasteiger partial charge in [-0.05, 0) is 59.5 Å². The van der Waals surface area contributed by atoms with Crippen LogP contribution in [0.5, 0.6) is 0 Å². The van der Waals surface area contributed by atoms with Gasteiger partial charge in [0.05, 0.1) is 23.9 Å². The van der Waals surface area contributed by atoms with Crippen molar-refractivity contribution in [3.63, 3.8) is 0 Å². The van der Waals surface area contributed by atoms with Crippen LogP contribution in [0, 0.1) is 0 Å². The zero-order valence-corrected chi connectivity index (χ0v) is 10.8. The molecule has 16 heavy (non-hydrogen) atoms. The molecule has 0 unspecified atom stereocenters. The van der Waals surface area contributed by atoms with Crippen LogP contribution in [0.2, 0.25) is 0 Å². The molecule has 94 valence electrons. The van der Waals surface area contributed by atoms with Gasteiger partial charge in [0.15, 0.2) is 0 Å². The summed E-state index contributed by atoms with van der Waals surface area (Å²) in [6.07, 6.45) is 5.87. The first-order valence-electron chi connectivity index (χ1n) is 6.57. The highest BCUT2D eigenvalue weighted by Crippen LogP contribution is 2.31. The van der Waals surface area contributed by atoms with Gasteiger partial charge in [0.25, 0.3) is 0 Å². The summed E-state index contributed by atoms with van der Waals surface area (Å²) >= 11 is 0. The smallest absolute Gasteiger partial charge is 0.0631 e. The first kappa shape index (κ1) is 12.3. The largest absolute Gasteiger partial charge is 0.375 e. The molecule has 3 heteroatoms. The number of rotatable bonds is 3. The molecule has 0 amide bonds. The molecule has 2 rings (SSSR count). The van der Waals surface area contributed by atoms with Gasteiger partial charge in [0.1, 0.15) is 0 Å². The summed E-state index contributed by atoms with van der Waals surface area (Å²) in [7, 11) is 0. The van der Waals surface area contributed by atoms with Gasteiger partial charge in [0.2, 0.25) is 0 Å². The minimum atomic E-state index is -0.00953. The van der Waals surface area contributed by atoms with Gasteiger partial charge >= 0.3 is 0 Å². The summed E-state index contributed by atoms with van der Waals surface area (Å²) in [5.74, 6) is 0. The summed E-state index contributed by atoms with van der Waals surface area (Å²) in [4.78, 5) is 0. The molecule has 2 fully saturated rings. The van der Waals surface area contributed by atoms with Crippen LogP contribution < -0.4 is 5.32 Å². The van der Waals surface area contributed by atoms with Gasteiger partial charge in [0, 0.05) is 0 Å². The van der Waals surface area contributed by atoms with Crippen molar-refractivity contribution in [3.05, 3.63) is 0 Å². The average Bonchev–Trinajstić information content (AvgIpc) is 2.14. The van der Waals surface area contributed by atoms with Gasteiger partial charge in [-0.1, -0.05) is 0 Å². The van der Waals surface area contributed by atoms with Crippen LogP contribution >= 0.6 is 0 Å². The van der Waals surface area contributed by atoms with Crippen LogP contribution in [0.15, 0.2) is 0 Å². The van der Waals surface area contributed by atoms with Crippen molar-refractivity contribution in [2.75, 3.05) is 13.1 Å². The monoisotopic (exact) mass is 227 g/mol. The zero-order chi connectivity index (χ0) is 11.6. The van der Waals surface area contributed by atoms with Crippen LogP contribution in [0.25, 0.3) is 0 Å². The first-order chi connectivity index (χ1) is 7.53. The van der Waals surface area contributed by atoms with E-state index in [-0.39, 0.29) is 5.60 Å². The van der Waals surface area contributed by atoms with Crippen molar-refractivity contribution < 1.29 is 9.47 Å². The lowest BCUT2D eigenvalue weighted by molar-refractivity contribution is -0.165. The van der Waals surface area contributed by atoms with Crippen LogP contribution in [-0.4, -0.2) is 37.0 Å². The molecule has 1 saturated heterocycles. The molecule has 0 aromatic rings. The van der Waals surface area contributed by atoms with Gasteiger partial charge in [-0.2, -0.15) is 0 Å². The van der Waals surface area contributed by atoms with E-state index in [2.05, 4.69) is 26.1 Å². The van der Waals surface area contributed by atoms with Crippen molar-refractivity contribution in [2.45, 2.75) is 70.4 Å². The molecule has 1 heterocycles. The van der Waals surface area contributed by atoms with Crippen molar-refractivity contribution in [1.29, 1.82) is 0 Å². The van der Waals surface area contributed by atoms with Crippen molar-refractivity contribution in [3.8, 4) is 0 Å². The highest BCUT2D eigenvalue weighted by Gasteiger charge is 2.35. The molecular formula is C13H25NO2. The third kappa shape index (κ3) is 3.72. The maximum absolute atomic E-state index is 6.05. The number of nitrogens with one attached hydrogen (secondary N) is 1. The highest BCUT2D eigenvalue weighted by atomic mass is 16.5. The Morgan fingerprint density at radius 2 is 1.56 bits per heavy atom. The Kier molecular flexibility index (Phi) is 3.88. The lowest BCUT2D eigenvalue weighted by Gasteiger charge is -2.41. The number of hydrogen-bond acceptors (Lipinski definition) is 3. The maximum Gasteiger partial charge on any atom is 0.0631 e.